The average molecular weight is 347 g/mol. The molecular formula is C20H39BSi2. The van der Waals surface area contributed by atoms with Crippen molar-refractivity contribution in [3.8, 4) is 0 Å². The second kappa shape index (κ2) is 8.20. The molecule has 0 spiro atoms. The molecule has 0 aromatic heterocycles. The van der Waals surface area contributed by atoms with Gasteiger partial charge < -0.3 is 0 Å². The summed E-state index contributed by atoms with van der Waals surface area (Å²) in [7, 11) is -2.83. The van der Waals surface area contributed by atoms with Gasteiger partial charge in [-0.15, -0.1) is 18.6 Å². The highest BCUT2D eigenvalue weighted by Gasteiger charge is 2.49. The minimum atomic E-state index is -1.46. The van der Waals surface area contributed by atoms with Gasteiger partial charge in [0.2, 0.25) is 0 Å². The van der Waals surface area contributed by atoms with E-state index in [4.69, 9.17) is 0 Å². The third-order valence-electron chi connectivity index (χ3n) is 6.05. The normalized spacial score (nSPS) is 19.3. The molecule has 0 amide bonds. The third-order valence-corrected chi connectivity index (χ3v) is 18.1. The van der Waals surface area contributed by atoms with Gasteiger partial charge in [-0.05, 0) is 17.5 Å². The Hall–Kier alpha value is -0.281. The SMILES string of the molecule is C=CCB1CCC[Si](C(C)C)(C(C)C)C([Si](C)(C)C)=C1CC=C. The molecule has 0 aliphatic carbocycles. The predicted molar refractivity (Wildman–Crippen MR) is 116 cm³/mol. The van der Waals surface area contributed by atoms with Crippen molar-refractivity contribution in [2.24, 2.45) is 0 Å². The fraction of sp³-hybridized carbons (Fsp3) is 0.700. The summed E-state index contributed by atoms with van der Waals surface area (Å²) >= 11 is 0. The topological polar surface area (TPSA) is 0 Å². The number of allylic oxidation sites excluding steroid dienone is 3. The van der Waals surface area contributed by atoms with Crippen LogP contribution in [0.15, 0.2) is 35.6 Å². The molecule has 0 radical (unpaired) electrons. The Bertz CT molecular complexity index is 447. The highest BCUT2D eigenvalue weighted by atomic mass is 28.4. The molecule has 0 unspecified atom stereocenters. The van der Waals surface area contributed by atoms with Crippen LogP contribution < -0.4 is 0 Å². The molecule has 3 heteroatoms. The van der Waals surface area contributed by atoms with Gasteiger partial charge >= 0.3 is 0 Å². The van der Waals surface area contributed by atoms with Crippen molar-refractivity contribution >= 4 is 22.9 Å². The van der Waals surface area contributed by atoms with Crippen LogP contribution in [0.5, 0.6) is 0 Å². The van der Waals surface area contributed by atoms with Crippen molar-refractivity contribution < 1.29 is 0 Å². The monoisotopic (exact) mass is 346 g/mol. The van der Waals surface area contributed by atoms with Crippen molar-refractivity contribution in [2.75, 3.05) is 0 Å². The molecule has 0 saturated heterocycles. The van der Waals surface area contributed by atoms with E-state index >= 15 is 0 Å². The lowest BCUT2D eigenvalue weighted by Gasteiger charge is -2.47. The molecule has 1 rings (SSSR count). The Morgan fingerprint density at radius 3 is 2.04 bits per heavy atom. The van der Waals surface area contributed by atoms with Gasteiger partial charge in [-0.1, -0.05) is 89.4 Å². The van der Waals surface area contributed by atoms with E-state index in [1.807, 2.05) is 4.82 Å². The summed E-state index contributed by atoms with van der Waals surface area (Å²) < 4.78 is 0. The molecule has 0 nitrogen and oxygen atoms in total. The van der Waals surface area contributed by atoms with Crippen LogP contribution in [0.1, 0.15) is 40.5 Å². The maximum Gasteiger partial charge on any atom is 0.173 e. The molecule has 0 fully saturated rings. The standard InChI is InChI=1S/C20H39BSi2/c1-10-13-19-20(22(7,8)9)23(17(3)4,18(5)6)16-12-15-21(19)14-11-2/h10-11,17-18H,1-2,12-16H2,3-9H3. The fourth-order valence-electron chi connectivity index (χ4n) is 5.33. The van der Waals surface area contributed by atoms with E-state index in [1.165, 1.54) is 18.8 Å². The van der Waals surface area contributed by atoms with E-state index in [0.29, 0.717) is 0 Å². The minimum Gasteiger partial charge on any atom is -0.105 e. The van der Waals surface area contributed by atoms with Gasteiger partial charge in [0, 0.05) is 0 Å². The van der Waals surface area contributed by atoms with Gasteiger partial charge in [0.15, 0.2) is 6.71 Å². The number of rotatable bonds is 7. The smallest absolute Gasteiger partial charge is 0.105 e. The zero-order valence-electron chi connectivity index (χ0n) is 16.8. The molecule has 0 aromatic rings. The van der Waals surface area contributed by atoms with Crippen LogP contribution >= 0.6 is 0 Å². The van der Waals surface area contributed by atoms with Crippen LogP contribution in [-0.4, -0.2) is 22.9 Å². The summed E-state index contributed by atoms with van der Waals surface area (Å²) in [5, 5.41) is 0. The van der Waals surface area contributed by atoms with Gasteiger partial charge in [-0.25, -0.2) is 0 Å². The summed E-state index contributed by atoms with van der Waals surface area (Å²) in [6, 6.07) is 1.50. The van der Waals surface area contributed by atoms with Crippen LogP contribution in [0.3, 0.4) is 0 Å². The Labute approximate surface area is 148 Å². The summed E-state index contributed by atoms with van der Waals surface area (Å²) in [4.78, 5) is 2.01. The van der Waals surface area contributed by atoms with Gasteiger partial charge in [-0.3, -0.25) is 0 Å². The largest absolute Gasteiger partial charge is 0.173 e. The Morgan fingerprint density at radius 1 is 1.09 bits per heavy atom. The molecule has 23 heavy (non-hydrogen) atoms. The first-order valence-corrected chi connectivity index (χ1v) is 15.4. The van der Waals surface area contributed by atoms with Gasteiger partial charge in [0.05, 0.1) is 16.1 Å². The van der Waals surface area contributed by atoms with E-state index in [1.54, 1.807) is 5.47 Å². The molecule has 0 N–H and O–H groups in total. The quantitative estimate of drug-likeness (QED) is 0.338. The van der Waals surface area contributed by atoms with Crippen molar-refractivity contribution in [3.63, 3.8) is 0 Å². The summed E-state index contributed by atoms with van der Waals surface area (Å²) in [6.07, 6.45) is 9.34. The molecule has 1 aliphatic rings. The van der Waals surface area contributed by atoms with Crippen LogP contribution in [0.2, 0.25) is 49.4 Å². The third kappa shape index (κ3) is 4.22. The maximum absolute atomic E-state index is 4.10. The van der Waals surface area contributed by atoms with E-state index in [2.05, 4.69) is 72.6 Å². The summed E-state index contributed by atoms with van der Waals surface area (Å²) in [5.41, 5.74) is 3.48. The minimum absolute atomic E-state index is 0.721. The Morgan fingerprint density at radius 2 is 1.65 bits per heavy atom. The summed E-state index contributed by atoms with van der Waals surface area (Å²) in [5.74, 6) is 0. The molecule has 0 aromatic carbocycles. The van der Waals surface area contributed by atoms with Crippen LogP contribution in [0, 0.1) is 0 Å². The molecule has 1 heterocycles. The van der Waals surface area contributed by atoms with Crippen molar-refractivity contribution in [2.45, 2.75) is 89.9 Å². The van der Waals surface area contributed by atoms with E-state index in [-0.39, 0.29) is 0 Å². The van der Waals surface area contributed by atoms with Gasteiger partial charge in [0.25, 0.3) is 0 Å². The molecule has 0 bridgehead atoms. The van der Waals surface area contributed by atoms with Crippen molar-refractivity contribution in [1.29, 1.82) is 0 Å². The van der Waals surface area contributed by atoms with E-state index < -0.39 is 16.1 Å². The highest BCUT2D eigenvalue weighted by Crippen LogP contribution is 2.50. The molecule has 130 valence electrons. The zero-order chi connectivity index (χ0) is 17.8. The molecule has 0 saturated carbocycles. The lowest BCUT2D eigenvalue weighted by Crippen LogP contribution is -2.52. The lowest BCUT2D eigenvalue weighted by molar-refractivity contribution is 0.863. The Balaban J connectivity index is 3.74. The lowest BCUT2D eigenvalue weighted by atomic mass is 9.39. The fourth-order valence-corrected chi connectivity index (χ4v) is 19.9. The van der Waals surface area contributed by atoms with Gasteiger partial charge in [-0.2, -0.15) is 0 Å². The second-order valence-corrected chi connectivity index (χ2v) is 20.0. The van der Waals surface area contributed by atoms with Crippen LogP contribution in [-0.2, 0) is 0 Å². The zero-order valence-corrected chi connectivity index (χ0v) is 18.8. The highest BCUT2D eigenvalue weighted by molar-refractivity contribution is 7.08. The van der Waals surface area contributed by atoms with E-state index in [0.717, 1.165) is 30.5 Å². The first-order valence-electron chi connectivity index (χ1n) is 9.58. The molecule has 0 atom stereocenters. The second-order valence-electron chi connectivity index (χ2n) is 9.11. The summed E-state index contributed by atoms with van der Waals surface area (Å²) in [6.45, 7) is 26.7. The van der Waals surface area contributed by atoms with Crippen LogP contribution in [0.25, 0.3) is 0 Å². The predicted octanol–water partition coefficient (Wildman–Crippen LogP) is 7.17. The number of hydrogen-bond donors (Lipinski definition) is 0. The molecular weight excluding hydrogens is 307 g/mol. The Kier molecular flexibility index (Phi) is 7.40. The first-order chi connectivity index (χ1) is 10.6. The molecule has 1 aliphatic heterocycles. The van der Waals surface area contributed by atoms with Gasteiger partial charge in [0.1, 0.15) is 0 Å². The van der Waals surface area contributed by atoms with Crippen molar-refractivity contribution in [1.82, 2.24) is 0 Å². The first kappa shape index (κ1) is 20.8. The number of hydrogen-bond acceptors (Lipinski definition) is 0. The van der Waals surface area contributed by atoms with Crippen LogP contribution in [0.4, 0.5) is 0 Å². The van der Waals surface area contributed by atoms with Crippen molar-refractivity contribution in [3.05, 3.63) is 35.6 Å². The average Bonchev–Trinajstić information content (AvgIpc) is 2.57. The maximum atomic E-state index is 4.10. The van der Waals surface area contributed by atoms with E-state index in [9.17, 15) is 0 Å².